The summed E-state index contributed by atoms with van der Waals surface area (Å²) in [6.45, 7) is 2.73. The zero-order valence-electron chi connectivity index (χ0n) is 15.9. The van der Waals surface area contributed by atoms with E-state index in [0.29, 0.717) is 34.8 Å². The Labute approximate surface area is 173 Å². The Balaban J connectivity index is 1.56. The van der Waals surface area contributed by atoms with Crippen molar-refractivity contribution < 1.29 is 14.4 Å². The van der Waals surface area contributed by atoms with Gasteiger partial charge in [-0.05, 0) is 60.3 Å². The van der Waals surface area contributed by atoms with Crippen molar-refractivity contribution in [2.24, 2.45) is 0 Å². The molecule has 2 aromatic carbocycles. The second kappa shape index (κ2) is 9.66. The lowest BCUT2D eigenvalue weighted by Gasteiger charge is -2.09. The van der Waals surface area contributed by atoms with Crippen molar-refractivity contribution in [2.45, 2.75) is 13.5 Å². The summed E-state index contributed by atoms with van der Waals surface area (Å²) in [6.07, 6.45) is 0. The highest BCUT2D eigenvalue weighted by Gasteiger charge is 2.10. The lowest BCUT2D eigenvalue weighted by molar-refractivity contribution is 0.0947. The third kappa shape index (κ3) is 5.52. The summed E-state index contributed by atoms with van der Waals surface area (Å²) in [7, 11) is 0. The number of nitrogens with one attached hydrogen (secondary N) is 3. The Bertz CT molecular complexity index is 998. The molecule has 0 saturated heterocycles. The van der Waals surface area contributed by atoms with E-state index in [1.54, 1.807) is 48.5 Å². The minimum Gasteiger partial charge on any atom is -0.352 e. The monoisotopic (exact) mass is 407 g/mol. The molecule has 1 aromatic heterocycles. The molecule has 0 radical (unpaired) electrons. The third-order valence-electron chi connectivity index (χ3n) is 4.13. The number of carbonyl (C=O) groups excluding carboxylic acids is 3. The number of amides is 3. The average molecular weight is 407 g/mol. The summed E-state index contributed by atoms with van der Waals surface area (Å²) in [5, 5.41) is 10.2. The number of hydrogen-bond acceptors (Lipinski definition) is 4. The largest absolute Gasteiger partial charge is 0.352 e. The first kappa shape index (κ1) is 20.3. The first-order valence-electron chi connectivity index (χ1n) is 9.17. The molecule has 6 nitrogen and oxygen atoms in total. The van der Waals surface area contributed by atoms with Gasteiger partial charge in [0.1, 0.15) is 0 Å². The van der Waals surface area contributed by atoms with Gasteiger partial charge in [-0.25, -0.2) is 0 Å². The first-order chi connectivity index (χ1) is 14.1. The smallest absolute Gasteiger partial charge is 0.265 e. The van der Waals surface area contributed by atoms with Crippen molar-refractivity contribution in [1.29, 1.82) is 0 Å². The summed E-state index contributed by atoms with van der Waals surface area (Å²) < 4.78 is 0. The zero-order chi connectivity index (χ0) is 20.6. The molecule has 0 spiro atoms. The van der Waals surface area contributed by atoms with Gasteiger partial charge in [0.05, 0.1) is 4.88 Å². The van der Waals surface area contributed by atoms with Crippen LogP contribution in [0.3, 0.4) is 0 Å². The van der Waals surface area contributed by atoms with Crippen LogP contribution >= 0.6 is 11.3 Å². The number of carbonyl (C=O) groups is 3. The second-order valence-electron chi connectivity index (χ2n) is 6.25. The molecule has 0 unspecified atom stereocenters. The van der Waals surface area contributed by atoms with Crippen molar-refractivity contribution in [3.63, 3.8) is 0 Å². The van der Waals surface area contributed by atoms with Gasteiger partial charge in [0, 0.05) is 29.9 Å². The molecule has 0 aliphatic rings. The van der Waals surface area contributed by atoms with E-state index in [1.807, 2.05) is 24.4 Å². The molecule has 3 amide bonds. The van der Waals surface area contributed by atoms with Gasteiger partial charge in [0.25, 0.3) is 17.7 Å². The van der Waals surface area contributed by atoms with Crippen LogP contribution in [0, 0.1) is 0 Å². The molecule has 0 saturated carbocycles. The molecule has 0 aliphatic carbocycles. The van der Waals surface area contributed by atoms with E-state index in [-0.39, 0.29) is 17.7 Å². The molecule has 29 heavy (non-hydrogen) atoms. The lowest BCUT2D eigenvalue weighted by Crippen LogP contribution is -2.24. The lowest BCUT2D eigenvalue weighted by atomic mass is 10.1. The molecule has 7 heteroatoms. The van der Waals surface area contributed by atoms with Crippen LogP contribution in [0.4, 0.5) is 5.69 Å². The van der Waals surface area contributed by atoms with E-state index in [4.69, 9.17) is 0 Å². The van der Waals surface area contributed by atoms with Gasteiger partial charge in [0.15, 0.2) is 0 Å². The third-order valence-corrected chi connectivity index (χ3v) is 5.00. The summed E-state index contributed by atoms with van der Waals surface area (Å²) in [6, 6.07) is 17.4. The fourth-order valence-electron chi connectivity index (χ4n) is 2.67. The molecular formula is C22H21N3O3S. The Morgan fingerprint density at radius 3 is 2.28 bits per heavy atom. The van der Waals surface area contributed by atoms with Crippen molar-refractivity contribution in [1.82, 2.24) is 10.6 Å². The van der Waals surface area contributed by atoms with Crippen LogP contribution in [0.2, 0.25) is 0 Å². The van der Waals surface area contributed by atoms with E-state index < -0.39 is 0 Å². The first-order valence-corrected chi connectivity index (χ1v) is 10.0. The van der Waals surface area contributed by atoms with Crippen molar-refractivity contribution in [3.8, 4) is 0 Å². The molecule has 0 atom stereocenters. The highest BCUT2D eigenvalue weighted by atomic mass is 32.1. The highest BCUT2D eigenvalue weighted by Crippen LogP contribution is 2.14. The van der Waals surface area contributed by atoms with Gasteiger partial charge in [-0.3, -0.25) is 14.4 Å². The number of benzene rings is 2. The quantitative estimate of drug-likeness (QED) is 0.558. The molecule has 148 valence electrons. The maximum atomic E-state index is 12.4. The fraction of sp³-hybridized carbons (Fsp3) is 0.136. The molecular weight excluding hydrogens is 386 g/mol. The van der Waals surface area contributed by atoms with Crippen LogP contribution in [-0.4, -0.2) is 24.3 Å². The second-order valence-corrected chi connectivity index (χ2v) is 7.20. The topological polar surface area (TPSA) is 87.3 Å². The number of thiophene rings is 1. The zero-order valence-corrected chi connectivity index (χ0v) is 16.7. The van der Waals surface area contributed by atoms with E-state index in [1.165, 1.54) is 11.3 Å². The number of hydrogen-bond donors (Lipinski definition) is 3. The van der Waals surface area contributed by atoms with E-state index in [9.17, 15) is 14.4 Å². The van der Waals surface area contributed by atoms with Gasteiger partial charge >= 0.3 is 0 Å². The predicted octanol–water partition coefficient (Wildman–Crippen LogP) is 3.68. The minimum atomic E-state index is -0.232. The minimum absolute atomic E-state index is 0.138. The Kier molecular flexibility index (Phi) is 6.76. The van der Waals surface area contributed by atoms with Crippen molar-refractivity contribution >= 4 is 34.7 Å². The van der Waals surface area contributed by atoms with E-state index in [0.717, 1.165) is 5.56 Å². The highest BCUT2D eigenvalue weighted by molar-refractivity contribution is 7.12. The molecule has 3 N–H and O–H groups in total. The molecule has 0 fully saturated rings. The van der Waals surface area contributed by atoms with Gasteiger partial charge in [-0.2, -0.15) is 0 Å². The predicted molar refractivity (Wildman–Crippen MR) is 114 cm³/mol. The summed E-state index contributed by atoms with van der Waals surface area (Å²) in [5.74, 6) is -0.547. The normalized spacial score (nSPS) is 10.2. The van der Waals surface area contributed by atoms with Crippen LogP contribution in [0.15, 0.2) is 66.0 Å². The SMILES string of the molecule is CCNC(=O)c1cccc(CNC(=O)c2ccc(NC(=O)c3cccs3)cc2)c1. The maximum absolute atomic E-state index is 12.4. The fourth-order valence-corrected chi connectivity index (χ4v) is 3.29. The summed E-state index contributed by atoms with van der Waals surface area (Å²) >= 11 is 1.37. The molecule has 1 heterocycles. The standard InChI is InChI=1S/C22H21N3O3S/c1-2-23-21(27)17-6-3-5-15(13-17)14-24-20(26)16-8-10-18(11-9-16)25-22(28)19-7-4-12-29-19/h3-13H,2,14H2,1H3,(H,23,27)(H,24,26)(H,25,28). The van der Waals surface area contributed by atoms with Crippen LogP contribution in [0.1, 0.15) is 42.9 Å². The van der Waals surface area contributed by atoms with Gasteiger partial charge < -0.3 is 16.0 Å². The van der Waals surface area contributed by atoms with E-state index >= 15 is 0 Å². The van der Waals surface area contributed by atoms with Crippen LogP contribution in [-0.2, 0) is 6.54 Å². The maximum Gasteiger partial charge on any atom is 0.265 e. The average Bonchev–Trinajstić information content (AvgIpc) is 3.28. The van der Waals surface area contributed by atoms with Crippen LogP contribution in [0.25, 0.3) is 0 Å². The molecule has 3 aromatic rings. The van der Waals surface area contributed by atoms with E-state index in [2.05, 4.69) is 16.0 Å². The molecule has 3 rings (SSSR count). The van der Waals surface area contributed by atoms with Gasteiger partial charge in [-0.1, -0.05) is 18.2 Å². The Morgan fingerprint density at radius 1 is 0.828 bits per heavy atom. The summed E-state index contributed by atoms with van der Waals surface area (Å²) in [5.41, 5.74) is 2.50. The Morgan fingerprint density at radius 2 is 1.59 bits per heavy atom. The van der Waals surface area contributed by atoms with Crippen LogP contribution in [0.5, 0.6) is 0 Å². The number of anilines is 1. The molecule has 0 bridgehead atoms. The molecule has 0 aliphatic heterocycles. The summed E-state index contributed by atoms with van der Waals surface area (Å²) in [4.78, 5) is 37.0. The van der Waals surface area contributed by atoms with Gasteiger partial charge in [0.2, 0.25) is 0 Å². The van der Waals surface area contributed by atoms with Crippen molar-refractivity contribution in [3.05, 3.63) is 87.6 Å². The Hall–Kier alpha value is -3.45. The van der Waals surface area contributed by atoms with Crippen LogP contribution < -0.4 is 16.0 Å². The van der Waals surface area contributed by atoms with Crippen molar-refractivity contribution in [2.75, 3.05) is 11.9 Å². The van der Waals surface area contributed by atoms with Gasteiger partial charge in [-0.15, -0.1) is 11.3 Å². The number of rotatable bonds is 7.